The van der Waals surface area contributed by atoms with Crippen molar-refractivity contribution in [2.24, 2.45) is 0 Å². The van der Waals surface area contributed by atoms with Crippen molar-refractivity contribution in [3.05, 3.63) is 41.8 Å². The summed E-state index contributed by atoms with van der Waals surface area (Å²) in [4.78, 5) is 0. The van der Waals surface area contributed by atoms with Crippen LogP contribution >= 0.6 is 0 Å². The van der Waals surface area contributed by atoms with E-state index in [0.717, 1.165) is 16.7 Å². The van der Waals surface area contributed by atoms with Crippen LogP contribution in [0.4, 0.5) is 0 Å². The number of benzene rings is 1. The molecule has 0 N–H and O–H groups in total. The van der Waals surface area contributed by atoms with Crippen LogP contribution in [-0.2, 0) is 0 Å². The Bertz CT molecular complexity index is 345. The van der Waals surface area contributed by atoms with Crippen molar-refractivity contribution in [2.75, 3.05) is 0 Å². The van der Waals surface area contributed by atoms with Crippen LogP contribution in [0.3, 0.4) is 0 Å². The lowest BCUT2D eigenvalue weighted by Crippen LogP contribution is -1.86. The number of terminal acetylenes is 2. The molecule has 0 heterocycles. The molecule has 0 unspecified atom stereocenters. The Labute approximate surface area is 67.3 Å². The summed E-state index contributed by atoms with van der Waals surface area (Å²) in [5.41, 5.74) is 2.26. The van der Waals surface area contributed by atoms with Crippen molar-refractivity contribution in [2.45, 2.75) is 0 Å². The van der Waals surface area contributed by atoms with E-state index in [1.165, 1.54) is 0 Å². The Kier molecular flexibility index (Phi) is 2.00. The summed E-state index contributed by atoms with van der Waals surface area (Å²) in [5, 5.41) is 0. The fourth-order valence-corrected chi connectivity index (χ4v) is 0.891. The molecule has 0 heteroatoms. The maximum atomic E-state index is 5.24. The van der Waals surface area contributed by atoms with Gasteiger partial charge in [-0.15, -0.1) is 12.8 Å². The van der Waals surface area contributed by atoms with Gasteiger partial charge in [0.15, 0.2) is 0 Å². The molecule has 0 saturated heterocycles. The van der Waals surface area contributed by atoms with E-state index in [4.69, 9.17) is 12.8 Å². The molecule has 1 radical (unpaired) electrons. The van der Waals surface area contributed by atoms with Crippen molar-refractivity contribution in [3.8, 4) is 24.7 Å². The molecule has 0 bridgehead atoms. The largest absolute Gasteiger partial charge is 0.115 e. The van der Waals surface area contributed by atoms with Crippen molar-refractivity contribution in [1.82, 2.24) is 0 Å². The van der Waals surface area contributed by atoms with Crippen molar-refractivity contribution < 1.29 is 0 Å². The van der Waals surface area contributed by atoms with Gasteiger partial charge in [-0.05, 0) is 18.6 Å². The summed E-state index contributed by atoms with van der Waals surface area (Å²) in [7, 11) is 0. The van der Waals surface area contributed by atoms with Crippen molar-refractivity contribution in [1.29, 1.82) is 0 Å². The highest BCUT2D eigenvalue weighted by molar-refractivity contribution is 5.53. The van der Waals surface area contributed by atoms with E-state index < -0.39 is 0 Å². The zero-order valence-electron chi connectivity index (χ0n) is 6.09. The van der Waals surface area contributed by atoms with E-state index in [0.29, 0.717) is 0 Å². The third-order valence-corrected chi connectivity index (χ3v) is 1.45. The second-order valence-electron chi connectivity index (χ2n) is 2.13. The summed E-state index contributed by atoms with van der Waals surface area (Å²) >= 11 is 0. The SMILES string of the molecule is C#Cc1cccc([CH2])c1C#C. The lowest BCUT2D eigenvalue weighted by Gasteiger charge is -1.99. The molecule has 0 aliphatic rings. The van der Waals surface area contributed by atoms with Crippen LogP contribution in [0.15, 0.2) is 18.2 Å². The van der Waals surface area contributed by atoms with Gasteiger partial charge in [-0.25, -0.2) is 0 Å². The Morgan fingerprint density at radius 1 is 1.18 bits per heavy atom. The molecule has 0 fully saturated rings. The molecule has 0 aliphatic heterocycles. The molecule has 0 spiro atoms. The summed E-state index contributed by atoms with van der Waals surface area (Å²) in [6.07, 6.45) is 10.5. The second kappa shape index (κ2) is 2.95. The standard InChI is InChI=1S/C11H7/c1-4-10-8-6-7-9(3)11(10)5-2/h1-2,6-8H,3H2. The number of hydrogen-bond acceptors (Lipinski definition) is 0. The van der Waals surface area contributed by atoms with E-state index in [9.17, 15) is 0 Å². The Hall–Kier alpha value is -1.66. The molecule has 1 aromatic carbocycles. The van der Waals surface area contributed by atoms with E-state index >= 15 is 0 Å². The molecule has 51 valence electrons. The normalized spacial score (nSPS) is 8.27. The molecule has 1 rings (SSSR count). The van der Waals surface area contributed by atoms with Crippen LogP contribution in [0.5, 0.6) is 0 Å². The van der Waals surface area contributed by atoms with Gasteiger partial charge in [-0.2, -0.15) is 0 Å². The maximum Gasteiger partial charge on any atom is 0.0431 e. The van der Waals surface area contributed by atoms with Crippen LogP contribution in [-0.4, -0.2) is 0 Å². The number of hydrogen-bond donors (Lipinski definition) is 0. The van der Waals surface area contributed by atoms with E-state index in [2.05, 4.69) is 18.8 Å². The average molecular weight is 139 g/mol. The molecule has 0 atom stereocenters. The molecule has 0 nitrogen and oxygen atoms in total. The minimum atomic E-state index is 0.718. The van der Waals surface area contributed by atoms with Crippen LogP contribution in [0.1, 0.15) is 16.7 Å². The average Bonchev–Trinajstić information content (AvgIpc) is 2.04. The van der Waals surface area contributed by atoms with Crippen LogP contribution < -0.4 is 0 Å². The molecule has 0 saturated carbocycles. The van der Waals surface area contributed by atoms with Gasteiger partial charge in [-0.3, -0.25) is 0 Å². The van der Waals surface area contributed by atoms with Gasteiger partial charge in [0.05, 0.1) is 0 Å². The maximum absolute atomic E-state index is 5.24. The summed E-state index contributed by atoms with van der Waals surface area (Å²) in [6, 6.07) is 5.50. The van der Waals surface area contributed by atoms with Gasteiger partial charge < -0.3 is 0 Å². The van der Waals surface area contributed by atoms with Crippen molar-refractivity contribution in [3.63, 3.8) is 0 Å². The molecule has 11 heavy (non-hydrogen) atoms. The lowest BCUT2D eigenvalue weighted by atomic mass is 10.0. The molecule has 0 aliphatic carbocycles. The van der Waals surface area contributed by atoms with E-state index in [1.807, 2.05) is 18.2 Å². The van der Waals surface area contributed by atoms with Gasteiger partial charge in [0.1, 0.15) is 0 Å². The highest BCUT2D eigenvalue weighted by Crippen LogP contribution is 2.10. The zero-order chi connectivity index (χ0) is 8.27. The molecular formula is C11H7. The van der Waals surface area contributed by atoms with Crippen LogP contribution in [0.25, 0.3) is 0 Å². The highest BCUT2D eigenvalue weighted by Gasteiger charge is 1.97. The quantitative estimate of drug-likeness (QED) is 0.481. The third-order valence-electron chi connectivity index (χ3n) is 1.45. The highest BCUT2D eigenvalue weighted by atomic mass is 14.0. The fourth-order valence-electron chi connectivity index (χ4n) is 0.891. The van der Waals surface area contributed by atoms with E-state index in [-0.39, 0.29) is 0 Å². The smallest absolute Gasteiger partial charge is 0.0431 e. The molecule has 1 aromatic rings. The Morgan fingerprint density at radius 3 is 2.36 bits per heavy atom. The first kappa shape index (κ1) is 7.45. The van der Waals surface area contributed by atoms with Crippen LogP contribution in [0.2, 0.25) is 0 Å². The topological polar surface area (TPSA) is 0 Å². The van der Waals surface area contributed by atoms with Gasteiger partial charge in [-0.1, -0.05) is 24.0 Å². The molecule has 0 aromatic heterocycles. The Morgan fingerprint density at radius 2 is 1.91 bits per heavy atom. The van der Waals surface area contributed by atoms with Gasteiger partial charge in [0, 0.05) is 11.1 Å². The lowest BCUT2D eigenvalue weighted by molar-refractivity contribution is 1.52. The predicted molar refractivity (Wildman–Crippen MR) is 46.8 cm³/mol. The van der Waals surface area contributed by atoms with Gasteiger partial charge in [0.25, 0.3) is 0 Å². The van der Waals surface area contributed by atoms with Gasteiger partial charge >= 0.3 is 0 Å². The van der Waals surface area contributed by atoms with Crippen molar-refractivity contribution >= 4 is 0 Å². The summed E-state index contributed by atoms with van der Waals surface area (Å²) in [6.45, 7) is 3.76. The molecule has 0 amide bonds. The summed E-state index contributed by atoms with van der Waals surface area (Å²) in [5.74, 6) is 5.01. The Balaban J connectivity index is 3.42. The second-order valence-corrected chi connectivity index (χ2v) is 2.13. The van der Waals surface area contributed by atoms with Crippen LogP contribution in [0, 0.1) is 31.6 Å². The third kappa shape index (κ3) is 1.26. The van der Waals surface area contributed by atoms with E-state index in [1.54, 1.807) is 0 Å². The minimum Gasteiger partial charge on any atom is -0.115 e. The minimum absolute atomic E-state index is 0.718. The van der Waals surface area contributed by atoms with Gasteiger partial charge in [0.2, 0.25) is 0 Å². The predicted octanol–water partition coefficient (Wildman–Crippen LogP) is 1.83. The zero-order valence-corrected chi connectivity index (χ0v) is 6.09. The monoisotopic (exact) mass is 139 g/mol. The first-order valence-corrected chi connectivity index (χ1v) is 3.17. The number of rotatable bonds is 0. The molecular weight excluding hydrogens is 132 g/mol. The first-order chi connectivity index (χ1) is 5.29. The summed E-state index contributed by atoms with van der Waals surface area (Å²) < 4.78 is 0. The first-order valence-electron chi connectivity index (χ1n) is 3.17. The fraction of sp³-hybridized carbons (Fsp3) is 0.